The Bertz CT molecular complexity index is 586. The summed E-state index contributed by atoms with van der Waals surface area (Å²) in [6.45, 7) is 4.41. The number of nitrogens with zero attached hydrogens (tertiary/aromatic N) is 1. The van der Waals surface area contributed by atoms with E-state index < -0.39 is 0 Å². The van der Waals surface area contributed by atoms with Crippen molar-refractivity contribution in [3.05, 3.63) is 45.5 Å². The molecule has 2 N–H and O–H groups in total. The van der Waals surface area contributed by atoms with Gasteiger partial charge >= 0.3 is 0 Å². The van der Waals surface area contributed by atoms with Crippen LogP contribution >= 0.6 is 11.3 Å². The van der Waals surface area contributed by atoms with Crippen molar-refractivity contribution in [1.29, 1.82) is 0 Å². The third kappa shape index (κ3) is 1.83. The van der Waals surface area contributed by atoms with E-state index in [0.29, 0.717) is 5.92 Å². The Balaban J connectivity index is 2.11. The summed E-state index contributed by atoms with van der Waals surface area (Å²) in [7, 11) is 0. The van der Waals surface area contributed by atoms with Crippen molar-refractivity contribution >= 4 is 16.5 Å². The highest BCUT2D eigenvalue weighted by atomic mass is 32.1. The number of aromatic nitrogens is 1. The number of thiazole rings is 1. The predicted molar refractivity (Wildman–Crippen MR) is 77.2 cm³/mol. The number of hydrogen-bond donors (Lipinski definition) is 1. The van der Waals surface area contributed by atoms with Gasteiger partial charge in [-0.3, -0.25) is 0 Å². The van der Waals surface area contributed by atoms with Crippen LogP contribution < -0.4 is 5.73 Å². The van der Waals surface area contributed by atoms with Gasteiger partial charge in [0, 0.05) is 10.8 Å². The summed E-state index contributed by atoms with van der Waals surface area (Å²) in [6.07, 6.45) is 3.53. The fourth-order valence-corrected chi connectivity index (χ4v) is 3.92. The standard InChI is InChI=1S/C15H18N2S/c1-9-5-3-6-11(10(9)2)12-7-4-8-13-14(12)18-15(16)17-13/h3,5-6,12H,4,7-8H2,1-2H3,(H2,16,17). The van der Waals surface area contributed by atoms with Gasteiger partial charge in [0.25, 0.3) is 0 Å². The Labute approximate surface area is 112 Å². The van der Waals surface area contributed by atoms with Gasteiger partial charge in [0.05, 0.1) is 5.69 Å². The summed E-state index contributed by atoms with van der Waals surface area (Å²) >= 11 is 1.67. The van der Waals surface area contributed by atoms with Crippen LogP contribution in [0.4, 0.5) is 5.13 Å². The summed E-state index contributed by atoms with van der Waals surface area (Å²) in [6, 6.07) is 6.61. The number of anilines is 1. The highest BCUT2D eigenvalue weighted by Gasteiger charge is 2.26. The fraction of sp³-hybridized carbons (Fsp3) is 0.400. The number of hydrogen-bond acceptors (Lipinski definition) is 3. The number of aryl methyl sites for hydroxylation is 2. The molecule has 3 heteroatoms. The number of nitrogen functional groups attached to an aromatic ring is 1. The minimum absolute atomic E-state index is 0.503. The molecule has 1 aliphatic carbocycles. The quantitative estimate of drug-likeness (QED) is 0.844. The van der Waals surface area contributed by atoms with E-state index in [0.717, 1.165) is 11.6 Å². The Kier molecular flexibility index (Phi) is 2.86. The van der Waals surface area contributed by atoms with Gasteiger partial charge in [-0.25, -0.2) is 4.98 Å². The van der Waals surface area contributed by atoms with Crippen LogP contribution in [0.15, 0.2) is 18.2 Å². The molecule has 1 aromatic heterocycles. The van der Waals surface area contributed by atoms with Crippen LogP contribution in [0.3, 0.4) is 0 Å². The molecule has 0 amide bonds. The smallest absolute Gasteiger partial charge is 0.180 e. The van der Waals surface area contributed by atoms with Gasteiger partial charge < -0.3 is 5.73 Å². The molecular formula is C15H18N2S. The fourth-order valence-electron chi connectivity index (χ4n) is 2.89. The molecule has 0 aliphatic heterocycles. The molecule has 0 bridgehead atoms. The van der Waals surface area contributed by atoms with E-state index in [1.54, 1.807) is 11.3 Å². The van der Waals surface area contributed by atoms with Crippen molar-refractivity contribution in [3.63, 3.8) is 0 Å². The van der Waals surface area contributed by atoms with Crippen LogP contribution in [0, 0.1) is 13.8 Å². The monoisotopic (exact) mass is 258 g/mol. The molecule has 0 spiro atoms. The molecule has 0 saturated heterocycles. The molecule has 1 unspecified atom stereocenters. The van der Waals surface area contributed by atoms with Crippen LogP contribution in [0.2, 0.25) is 0 Å². The maximum Gasteiger partial charge on any atom is 0.180 e. The molecule has 18 heavy (non-hydrogen) atoms. The van der Waals surface area contributed by atoms with E-state index in [1.165, 1.54) is 40.1 Å². The second kappa shape index (κ2) is 4.39. The third-order valence-corrected chi connectivity index (χ3v) is 5.03. The second-order valence-corrected chi connectivity index (χ2v) is 6.16. The first-order valence-electron chi connectivity index (χ1n) is 6.48. The maximum absolute atomic E-state index is 5.87. The highest BCUT2D eigenvalue weighted by Crippen LogP contribution is 2.41. The largest absolute Gasteiger partial charge is 0.375 e. The topological polar surface area (TPSA) is 38.9 Å². The minimum atomic E-state index is 0.503. The first-order chi connectivity index (χ1) is 8.66. The number of nitrogens with two attached hydrogens (primary N) is 1. The molecule has 1 aliphatic rings. The lowest BCUT2D eigenvalue weighted by molar-refractivity contribution is 0.615. The van der Waals surface area contributed by atoms with E-state index in [9.17, 15) is 0 Å². The van der Waals surface area contributed by atoms with Crippen LogP contribution in [-0.4, -0.2) is 4.98 Å². The minimum Gasteiger partial charge on any atom is -0.375 e. The summed E-state index contributed by atoms with van der Waals surface area (Å²) in [5.74, 6) is 0.503. The van der Waals surface area contributed by atoms with Gasteiger partial charge in [-0.2, -0.15) is 0 Å². The van der Waals surface area contributed by atoms with Crippen molar-refractivity contribution in [2.24, 2.45) is 0 Å². The average Bonchev–Trinajstić information content (AvgIpc) is 2.73. The van der Waals surface area contributed by atoms with Crippen LogP contribution in [0.25, 0.3) is 0 Å². The second-order valence-electron chi connectivity index (χ2n) is 5.10. The first-order valence-corrected chi connectivity index (χ1v) is 7.29. The predicted octanol–water partition coefficient (Wildman–Crippen LogP) is 3.81. The lowest BCUT2D eigenvalue weighted by Gasteiger charge is -2.23. The zero-order chi connectivity index (χ0) is 12.7. The Morgan fingerprint density at radius 1 is 1.33 bits per heavy atom. The summed E-state index contributed by atoms with van der Waals surface area (Å²) in [4.78, 5) is 5.87. The van der Waals surface area contributed by atoms with Gasteiger partial charge in [-0.15, -0.1) is 11.3 Å². The maximum atomic E-state index is 5.87. The van der Waals surface area contributed by atoms with Crippen molar-refractivity contribution in [1.82, 2.24) is 4.98 Å². The van der Waals surface area contributed by atoms with Gasteiger partial charge in [0.1, 0.15) is 0 Å². The lowest BCUT2D eigenvalue weighted by Crippen LogP contribution is -2.10. The van der Waals surface area contributed by atoms with Gasteiger partial charge in [0.15, 0.2) is 5.13 Å². The number of rotatable bonds is 1. The van der Waals surface area contributed by atoms with Gasteiger partial charge in [-0.1, -0.05) is 18.2 Å². The summed E-state index contributed by atoms with van der Waals surface area (Å²) in [5, 5.41) is 0.720. The molecule has 1 heterocycles. The van der Waals surface area contributed by atoms with Crippen molar-refractivity contribution < 1.29 is 0 Å². The number of fused-ring (bicyclic) bond motifs is 1. The van der Waals surface area contributed by atoms with Crippen molar-refractivity contribution in [2.75, 3.05) is 5.73 Å². The Morgan fingerprint density at radius 3 is 3.00 bits per heavy atom. The van der Waals surface area contributed by atoms with Crippen LogP contribution in [-0.2, 0) is 6.42 Å². The molecule has 2 aromatic rings. The zero-order valence-corrected chi connectivity index (χ0v) is 11.7. The van der Waals surface area contributed by atoms with Gasteiger partial charge in [-0.05, 0) is 49.8 Å². The van der Waals surface area contributed by atoms with E-state index >= 15 is 0 Å². The van der Waals surface area contributed by atoms with Gasteiger partial charge in [0.2, 0.25) is 0 Å². The molecule has 2 nitrogen and oxygen atoms in total. The van der Waals surface area contributed by atoms with Crippen LogP contribution in [0.5, 0.6) is 0 Å². The molecule has 1 aromatic carbocycles. The van der Waals surface area contributed by atoms with E-state index in [1.807, 2.05) is 0 Å². The molecule has 0 saturated carbocycles. The first kappa shape index (κ1) is 11.7. The van der Waals surface area contributed by atoms with E-state index in [-0.39, 0.29) is 0 Å². The summed E-state index contributed by atoms with van der Waals surface area (Å²) < 4.78 is 0. The molecule has 3 rings (SSSR count). The molecule has 0 fully saturated rings. The Morgan fingerprint density at radius 2 is 2.17 bits per heavy atom. The Hall–Kier alpha value is -1.35. The SMILES string of the molecule is Cc1cccc(C2CCCc3nc(N)sc32)c1C. The summed E-state index contributed by atoms with van der Waals surface area (Å²) in [5.41, 5.74) is 11.4. The normalized spacial score (nSPS) is 18.7. The van der Waals surface area contributed by atoms with Crippen LogP contribution in [0.1, 0.15) is 46.0 Å². The molecule has 0 radical (unpaired) electrons. The molecular weight excluding hydrogens is 240 g/mol. The lowest BCUT2D eigenvalue weighted by atomic mass is 9.83. The number of benzene rings is 1. The zero-order valence-electron chi connectivity index (χ0n) is 10.9. The third-order valence-electron chi connectivity index (χ3n) is 3.99. The average molecular weight is 258 g/mol. The highest BCUT2D eigenvalue weighted by molar-refractivity contribution is 7.15. The van der Waals surface area contributed by atoms with E-state index in [2.05, 4.69) is 37.0 Å². The van der Waals surface area contributed by atoms with E-state index in [4.69, 9.17) is 5.73 Å². The van der Waals surface area contributed by atoms with Crippen molar-refractivity contribution in [3.8, 4) is 0 Å². The molecule has 94 valence electrons. The van der Waals surface area contributed by atoms with Crippen molar-refractivity contribution in [2.45, 2.75) is 39.0 Å². The molecule has 1 atom stereocenters.